The van der Waals surface area contributed by atoms with Crippen LogP contribution < -0.4 is 5.32 Å². The molecule has 0 saturated heterocycles. The zero-order chi connectivity index (χ0) is 29.7. The van der Waals surface area contributed by atoms with Crippen molar-refractivity contribution in [2.24, 2.45) is 0 Å². The van der Waals surface area contributed by atoms with E-state index < -0.39 is 10.0 Å². The molecule has 0 radical (unpaired) electrons. The van der Waals surface area contributed by atoms with Crippen molar-refractivity contribution in [3.05, 3.63) is 109 Å². The van der Waals surface area contributed by atoms with Gasteiger partial charge in [-0.15, -0.1) is 10.2 Å². The summed E-state index contributed by atoms with van der Waals surface area (Å²) < 4.78 is 28.6. The molecule has 0 bridgehead atoms. The molecule has 0 aliphatic carbocycles. The Hall–Kier alpha value is -3.90. The largest absolute Gasteiger partial charge is 0.324 e. The molecule has 1 N–H and O–H groups in total. The summed E-state index contributed by atoms with van der Waals surface area (Å²) in [6.45, 7) is 1.99. The molecule has 5 rings (SSSR count). The van der Waals surface area contributed by atoms with E-state index in [9.17, 15) is 13.2 Å². The Morgan fingerprint density at radius 1 is 0.881 bits per heavy atom. The van der Waals surface area contributed by atoms with E-state index >= 15 is 0 Å². The van der Waals surface area contributed by atoms with Crippen LogP contribution in [0.2, 0.25) is 0 Å². The lowest BCUT2D eigenvalue weighted by molar-refractivity contribution is -0.113. The molecule has 5 aromatic rings. The maximum absolute atomic E-state index is 13.1. The molecule has 0 saturated carbocycles. The van der Waals surface area contributed by atoms with Gasteiger partial charge >= 0.3 is 0 Å². The van der Waals surface area contributed by atoms with Gasteiger partial charge in [-0.25, -0.2) is 12.7 Å². The SMILES string of the molecule is Cc1cccc(-n2c(SCC(=O)Nc3ccccc3Sc3ccccc3)nnc2-c2cccc(S(=O)(=O)N(C)C)c2)c1. The average molecular weight is 616 g/mol. The maximum Gasteiger partial charge on any atom is 0.242 e. The highest BCUT2D eigenvalue weighted by Crippen LogP contribution is 2.34. The Bertz CT molecular complexity index is 1820. The van der Waals surface area contributed by atoms with Gasteiger partial charge in [-0.2, -0.15) is 0 Å². The number of anilines is 1. The lowest BCUT2D eigenvalue weighted by Gasteiger charge is -2.14. The lowest BCUT2D eigenvalue weighted by atomic mass is 10.2. The number of carbonyl (C=O) groups excluding carboxylic acids is 1. The number of hydrogen-bond acceptors (Lipinski definition) is 7. The number of benzene rings is 4. The summed E-state index contributed by atoms with van der Waals surface area (Å²) in [5.74, 6) is 0.396. The highest BCUT2D eigenvalue weighted by molar-refractivity contribution is 8.00. The Morgan fingerprint density at radius 2 is 1.62 bits per heavy atom. The Kier molecular flexibility index (Phi) is 9.12. The molecule has 0 fully saturated rings. The molecule has 1 amide bonds. The Morgan fingerprint density at radius 3 is 2.38 bits per heavy atom. The molecule has 8 nitrogen and oxygen atoms in total. The van der Waals surface area contributed by atoms with Crippen molar-refractivity contribution in [1.29, 1.82) is 0 Å². The second kappa shape index (κ2) is 13.0. The molecule has 0 aliphatic heterocycles. The summed E-state index contributed by atoms with van der Waals surface area (Å²) >= 11 is 2.84. The van der Waals surface area contributed by atoms with Crippen LogP contribution in [0.1, 0.15) is 5.56 Å². The predicted molar refractivity (Wildman–Crippen MR) is 169 cm³/mol. The molecule has 0 spiro atoms. The van der Waals surface area contributed by atoms with Crippen LogP contribution in [-0.2, 0) is 14.8 Å². The van der Waals surface area contributed by atoms with Crippen molar-refractivity contribution in [2.75, 3.05) is 25.2 Å². The molecule has 4 aromatic carbocycles. The predicted octanol–water partition coefficient (Wildman–Crippen LogP) is 6.38. The summed E-state index contributed by atoms with van der Waals surface area (Å²) in [6.07, 6.45) is 0. The standard InChI is InChI=1S/C31H29N5O3S3/c1-22-11-9-13-24(19-22)36-30(23-12-10-16-26(20-23)42(38,39)35(2)3)33-34-31(36)40-21-29(37)32-27-17-7-8-18-28(27)41-25-14-5-4-6-15-25/h4-20H,21H2,1-3H3,(H,32,37). The van der Waals surface area contributed by atoms with Crippen LogP contribution >= 0.6 is 23.5 Å². The van der Waals surface area contributed by atoms with Gasteiger partial charge in [-0.05, 0) is 61.0 Å². The van der Waals surface area contributed by atoms with Gasteiger partial charge in [0.15, 0.2) is 11.0 Å². The minimum atomic E-state index is -3.64. The third kappa shape index (κ3) is 6.76. The molecule has 0 unspecified atom stereocenters. The van der Waals surface area contributed by atoms with Crippen LogP contribution in [0.4, 0.5) is 5.69 Å². The molecule has 0 aliphatic rings. The number of aromatic nitrogens is 3. The van der Waals surface area contributed by atoms with Crippen LogP contribution in [-0.4, -0.2) is 53.2 Å². The van der Waals surface area contributed by atoms with E-state index in [-0.39, 0.29) is 16.6 Å². The molecular weight excluding hydrogens is 587 g/mol. The van der Waals surface area contributed by atoms with E-state index in [1.54, 1.807) is 36.0 Å². The third-order valence-electron chi connectivity index (χ3n) is 6.23. The first kappa shape index (κ1) is 29.6. The van der Waals surface area contributed by atoms with Crippen molar-refractivity contribution >= 4 is 45.1 Å². The number of para-hydroxylation sites is 1. The molecule has 11 heteroatoms. The Balaban J connectivity index is 1.41. The summed E-state index contributed by atoms with van der Waals surface area (Å²) in [7, 11) is -0.652. The fourth-order valence-corrected chi connectivity index (χ4v) is 6.77. The van der Waals surface area contributed by atoms with Gasteiger partial charge in [0.1, 0.15) is 0 Å². The first-order valence-corrected chi connectivity index (χ1v) is 16.3. The number of nitrogens with zero attached hydrogens (tertiary/aromatic N) is 4. The molecule has 1 aromatic heterocycles. The van der Waals surface area contributed by atoms with Crippen LogP contribution in [0.25, 0.3) is 17.1 Å². The second-order valence-corrected chi connectivity index (χ2v) is 13.8. The van der Waals surface area contributed by atoms with Crippen LogP contribution in [0.15, 0.2) is 123 Å². The average Bonchev–Trinajstić information content (AvgIpc) is 3.42. The monoisotopic (exact) mass is 615 g/mol. The van der Waals surface area contributed by atoms with E-state index in [1.165, 1.54) is 30.2 Å². The minimum Gasteiger partial charge on any atom is -0.324 e. The fraction of sp³-hybridized carbons (Fsp3) is 0.129. The van der Waals surface area contributed by atoms with E-state index in [1.807, 2.05) is 90.4 Å². The highest BCUT2D eigenvalue weighted by Gasteiger charge is 2.22. The van der Waals surface area contributed by atoms with Crippen molar-refractivity contribution in [1.82, 2.24) is 19.1 Å². The minimum absolute atomic E-state index is 0.101. The van der Waals surface area contributed by atoms with E-state index in [0.717, 1.165) is 26.7 Å². The number of sulfonamides is 1. The van der Waals surface area contributed by atoms with E-state index in [4.69, 9.17) is 0 Å². The quantitative estimate of drug-likeness (QED) is 0.182. The van der Waals surface area contributed by atoms with Crippen molar-refractivity contribution in [3.63, 3.8) is 0 Å². The van der Waals surface area contributed by atoms with Crippen LogP contribution in [0, 0.1) is 6.92 Å². The smallest absolute Gasteiger partial charge is 0.242 e. The van der Waals surface area contributed by atoms with Gasteiger partial charge in [-0.3, -0.25) is 9.36 Å². The van der Waals surface area contributed by atoms with Gasteiger partial charge in [0, 0.05) is 35.1 Å². The molecule has 0 atom stereocenters. The first-order valence-electron chi connectivity index (χ1n) is 13.0. The Labute approximate surface area is 254 Å². The van der Waals surface area contributed by atoms with Gasteiger partial charge in [0.2, 0.25) is 15.9 Å². The summed E-state index contributed by atoms with van der Waals surface area (Å²) in [6, 6.07) is 32.2. The number of thioether (sulfide) groups is 1. The van der Waals surface area contributed by atoms with Crippen molar-refractivity contribution in [2.45, 2.75) is 26.8 Å². The summed E-state index contributed by atoms with van der Waals surface area (Å²) in [5.41, 5.74) is 3.17. The number of amides is 1. The van der Waals surface area contributed by atoms with Gasteiger partial charge in [0.05, 0.1) is 16.3 Å². The molecular formula is C31H29N5O3S3. The lowest BCUT2D eigenvalue weighted by Crippen LogP contribution is -2.22. The number of rotatable bonds is 10. The molecule has 1 heterocycles. The zero-order valence-electron chi connectivity index (χ0n) is 23.3. The fourth-order valence-electron chi connectivity index (χ4n) is 4.15. The second-order valence-electron chi connectivity index (χ2n) is 9.54. The summed E-state index contributed by atoms with van der Waals surface area (Å²) in [4.78, 5) is 15.3. The number of nitrogens with one attached hydrogen (secondary N) is 1. The zero-order valence-corrected chi connectivity index (χ0v) is 25.7. The van der Waals surface area contributed by atoms with Gasteiger partial charge in [0.25, 0.3) is 0 Å². The number of aryl methyl sites for hydroxylation is 1. The van der Waals surface area contributed by atoms with Crippen molar-refractivity contribution < 1.29 is 13.2 Å². The first-order chi connectivity index (χ1) is 20.2. The maximum atomic E-state index is 13.1. The topological polar surface area (TPSA) is 97.2 Å². The van der Waals surface area contributed by atoms with E-state index in [2.05, 4.69) is 15.5 Å². The van der Waals surface area contributed by atoms with E-state index in [0.29, 0.717) is 16.5 Å². The van der Waals surface area contributed by atoms with Gasteiger partial charge in [-0.1, -0.05) is 78.1 Å². The highest BCUT2D eigenvalue weighted by atomic mass is 32.2. The van der Waals surface area contributed by atoms with Crippen molar-refractivity contribution in [3.8, 4) is 17.1 Å². The normalized spacial score (nSPS) is 11.5. The van der Waals surface area contributed by atoms with Crippen LogP contribution in [0.5, 0.6) is 0 Å². The number of carbonyl (C=O) groups is 1. The van der Waals surface area contributed by atoms with Crippen LogP contribution in [0.3, 0.4) is 0 Å². The third-order valence-corrected chi connectivity index (χ3v) is 10.1. The van der Waals surface area contributed by atoms with Gasteiger partial charge < -0.3 is 5.32 Å². The number of hydrogen-bond donors (Lipinski definition) is 1. The summed E-state index contributed by atoms with van der Waals surface area (Å²) in [5, 5.41) is 12.4. The molecule has 214 valence electrons. The molecule has 42 heavy (non-hydrogen) atoms.